The fourth-order valence-electron chi connectivity index (χ4n) is 2.26. The predicted molar refractivity (Wildman–Crippen MR) is 78.5 cm³/mol. The van der Waals surface area contributed by atoms with Crippen LogP contribution in [-0.4, -0.2) is 55.5 Å². The lowest BCUT2D eigenvalue weighted by Gasteiger charge is -2.32. The third-order valence-electron chi connectivity index (χ3n) is 3.68. The maximum Gasteiger partial charge on any atom is 0.241 e. The van der Waals surface area contributed by atoms with Crippen LogP contribution in [0.25, 0.3) is 0 Å². The van der Waals surface area contributed by atoms with Crippen molar-refractivity contribution >= 4 is 11.6 Å². The SMILES string of the molecule is Cc1ccc(C)c(NCC(=O)N2CCN(C)CC2)c1. The van der Waals surface area contributed by atoms with Crippen LogP contribution < -0.4 is 5.32 Å². The number of anilines is 1. The van der Waals surface area contributed by atoms with Crippen LogP contribution in [0.1, 0.15) is 11.1 Å². The minimum atomic E-state index is 0.189. The topological polar surface area (TPSA) is 35.6 Å². The van der Waals surface area contributed by atoms with Crippen molar-refractivity contribution in [2.24, 2.45) is 0 Å². The highest BCUT2D eigenvalue weighted by molar-refractivity contribution is 5.81. The predicted octanol–water partition coefficient (Wildman–Crippen LogP) is 1.49. The average Bonchev–Trinajstić information content (AvgIpc) is 2.40. The smallest absolute Gasteiger partial charge is 0.241 e. The molecule has 1 saturated heterocycles. The molecule has 4 heteroatoms. The number of piperazine rings is 1. The van der Waals surface area contributed by atoms with Crippen LogP contribution in [0.4, 0.5) is 5.69 Å². The number of rotatable bonds is 3. The summed E-state index contributed by atoms with van der Waals surface area (Å²) in [7, 11) is 2.09. The second-order valence-electron chi connectivity index (χ2n) is 5.36. The van der Waals surface area contributed by atoms with Crippen LogP contribution in [-0.2, 0) is 4.79 Å². The van der Waals surface area contributed by atoms with E-state index in [2.05, 4.69) is 49.3 Å². The van der Waals surface area contributed by atoms with E-state index in [1.165, 1.54) is 11.1 Å². The largest absolute Gasteiger partial charge is 0.376 e. The summed E-state index contributed by atoms with van der Waals surface area (Å²) >= 11 is 0. The van der Waals surface area contributed by atoms with Gasteiger partial charge in [-0.2, -0.15) is 0 Å². The van der Waals surface area contributed by atoms with E-state index >= 15 is 0 Å². The van der Waals surface area contributed by atoms with Gasteiger partial charge in [0.05, 0.1) is 6.54 Å². The molecule has 0 radical (unpaired) electrons. The molecule has 0 unspecified atom stereocenters. The van der Waals surface area contributed by atoms with Gasteiger partial charge in [-0.3, -0.25) is 4.79 Å². The molecule has 0 spiro atoms. The number of benzene rings is 1. The van der Waals surface area contributed by atoms with Crippen molar-refractivity contribution in [2.45, 2.75) is 13.8 Å². The molecular weight excluding hydrogens is 238 g/mol. The van der Waals surface area contributed by atoms with Gasteiger partial charge < -0.3 is 15.1 Å². The van der Waals surface area contributed by atoms with Crippen LogP contribution >= 0.6 is 0 Å². The van der Waals surface area contributed by atoms with Crippen LogP contribution in [0.2, 0.25) is 0 Å². The van der Waals surface area contributed by atoms with Gasteiger partial charge in [-0.1, -0.05) is 12.1 Å². The highest BCUT2D eigenvalue weighted by Gasteiger charge is 2.18. The Balaban J connectivity index is 1.88. The summed E-state index contributed by atoms with van der Waals surface area (Å²) in [4.78, 5) is 16.3. The van der Waals surface area contributed by atoms with E-state index in [1.54, 1.807) is 0 Å². The van der Waals surface area contributed by atoms with Crippen molar-refractivity contribution in [2.75, 3.05) is 45.1 Å². The second kappa shape index (κ2) is 6.06. The van der Waals surface area contributed by atoms with E-state index in [0.29, 0.717) is 6.54 Å². The Kier molecular flexibility index (Phi) is 4.43. The van der Waals surface area contributed by atoms with Crippen LogP contribution in [0.5, 0.6) is 0 Å². The Morgan fingerprint density at radius 3 is 2.58 bits per heavy atom. The summed E-state index contributed by atoms with van der Waals surface area (Å²) < 4.78 is 0. The number of nitrogens with zero attached hydrogens (tertiary/aromatic N) is 2. The van der Waals surface area contributed by atoms with Gasteiger partial charge in [0.15, 0.2) is 0 Å². The summed E-state index contributed by atoms with van der Waals surface area (Å²) in [5, 5.41) is 3.26. The number of hydrogen-bond acceptors (Lipinski definition) is 3. The molecule has 1 aliphatic rings. The van der Waals surface area contributed by atoms with Crippen molar-refractivity contribution in [3.8, 4) is 0 Å². The van der Waals surface area contributed by atoms with Crippen molar-refractivity contribution in [1.29, 1.82) is 0 Å². The van der Waals surface area contributed by atoms with E-state index in [-0.39, 0.29) is 5.91 Å². The lowest BCUT2D eigenvalue weighted by Crippen LogP contribution is -2.48. The Labute approximate surface area is 115 Å². The summed E-state index contributed by atoms with van der Waals surface area (Å²) in [5.74, 6) is 0.189. The molecule has 1 aromatic carbocycles. The third-order valence-corrected chi connectivity index (χ3v) is 3.68. The minimum Gasteiger partial charge on any atom is -0.376 e. The Morgan fingerprint density at radius 2 is 1.89 bits per heavy atom. The van der Waals surface area contributed by atoms with Crippen LogP contribution in [0, 0.1) is 13.8 Å². The normalized spacial score (nSPS) is 16.5. The van der Waals surface area contributed by atoms with Gasteiger partial charge in [0, 0.05) is 31.9 Å². The molecule has 4 nitrogen and oxygen atoms in total. The monoisotopic (exact) mass is 261 g/mol. The highest BCUT2D eigenvalue weighted by Crippen LogP contribution is 2.16. The fourth-order valence-corrected chi connectivity index (χ4v) is 2.26. The van der Waals surface area contributed by atoms with Crippen molar-refractivity contribution in [1.82, 2.24) is 9.80 Å². The summed E-state index contributed by atoms with van der Waals surface area (Å²) in [5.41, 5.74) is 3.44. The Hall–Kier alpha value is -1.55. The number of carbonyl (C=O) groups is 1. The van der Waals surface area contributed by atoms with Gasteiger partial charge in [0.25, 0.3) is 0 Å². The van der Waals surface area contributed by atoms with Gasteiger partial charge >= 0.3 is 0 Å². The number of carbonyl (C=O) groups excluding carboxylic acids is 1. The molecule has 0 aromatic heterocycles. The first kappa shape index (κ1) is 13.9. The van der Waals surface area contributed by atoms with Gasteiger partial charge in [-0.15, -0.1) is 0 Å². The lowest BCUT2D eigenvalue weighted by molar-refractivity contribution is -0.130. The first-order chi connectivity index (χ1) is 9.06. The molecule has 0 bridgehead atoms. The third kappa shape index (κ3) is 3.70. The van der Waals surface area contributed by atoms with Crippen molar-refractivity contribution in [3.05, 3.63) is 29.3 Å². The van der Waals surface area contributed by atoms with Gasteiger partial charge in [-0.05, 0) is 38.1 Å². The van der Waals surface area contributed by atoms with E-state index in [4.69, 9.17) is 0 Å². The van der Waals surface area contributed by atoms with E-state index in [9.17, 15) is 4.79 Å². The number of likely N-dealkylation sites (N-methyl/N-ethyl adjacent to an activating group) is 1. The Morgan fingerprint density at radius 1 is 1.21 bits per heavy atom. The molecule has 104 valence electrons. The average molecular weight is 261 g/mol. The van der Waals surface area contributed by atoms with Crippen LogP contribution in [0.3, 0.4) is 0 Å². The maximum absolute atomic E-state index is 12.1. The molecule has 0 atom stereocenters. The standard InChI is InChI=1S/C15H23N3O/c1-12-4-5-13(2)14(10-12)16-11-15(19)18-8-6-17(3)7-9-18/h4-5,10,16H,6-9,11H2,1-3H3. The van der Waals surface area contributed by atoms with Crippen LogP contribution in [0.15, 0.2) is 18.2 Å². The molecule has 1 aromatic rings. The number of amides is 1. The molecule has 2 rings (SSSR count). The molecule has 1 heterocycles. The second-order valence-corrected chi connectivity index (χ2v) is 5.36. The molecule has 0 saturated carbocycles. The maximum atomic E-state index is 12.1. The summed E-state index contributed by atoms with van der Waals surface area (Å²) in [6.07, 6.45) is 0. The number of nitrogens with one attached hydrogen (secondary N) is 1. The molecule has 1 amide bonds. The molecule has 0 aliphatic carbocycles. The fraction of sp³-hybridized carbons (Fsp3) is 0.533. The summed E-state index contributed by atoms with van der Waals surface area (Å²) in [6, 6.07) is 6.26. The zero-order valence-corrected chi connectivity index (χ0v) is 12.1. The highest BCUT2D eigenvalue weighted by atomic mass is 16.2. The van der Waals surface area contributed by atoms with E-state index in [1.807, 2.05) is 4.90 Å². The summed E-state index contributed by atoms with van der Waals surface area (Å²) in [6.45, 7) is 8.11. The number of hydrogen-bond donors (Lipinski definition) is 1. The van der Waals surface area contributed by atoms with E-state index in [0.717, 1.165) is 31.9 Å². The molecule has 1 aliphatic heterocycles. The zero-order valence-electron chi connectivity index (χ0n) is 12.1. The minimum absolute atomic E-state index is 0.189. The molecule has 1 N–H and O–H groups in total. The first-order valence-corrected chi connectivity index (χ1v) is 6.83. The molecule has 1 fully saturated rings. The van der Waals surface area contributed by atoms with Crippen molar-refractivity contribution in [3.63, 3.8) is 0 Å². The first-order valence-electron chi connectivity index (χ1n) is 6.83. The number of aryl methyl sites for hydroxylation is 2. The van der Waals surface area contributed by atoms with Crippen molar-refractivity contribution < 1.29 is 4.79 Å². The lowest BCUT2D eigenvalue weighted by atomic mass is 10.1. The van der Waals surface area contributed by atoms with E-state index < -0.39 is 0 Å². The Bertz CT molecular complexity index is 451. The quantitative estimate of drug-likeness (QED) is 0.895. The van der Waals surface area contributed by atoms with Gasteiger partial charge in [-0.25, -0.2) is 0 Å². The molecular formula is C15H23N3O. The molecule has 19 heavy (non-hydrogen) atoms. The zero-order chi connectivity index (χ0) is 13.8. The van der Waals surface area contributed by atoms with Gasteiger partial charge in [0.2, 0.25) is 5.91 Å². The van der Waals surface area contributed by atoms with Gasteiger partial charge in [0.1, 0.15) is 0 Å².